The van der Waals surface area contributed by atoms with Crippen molar-refractivity contribution in [3.8, 4) is 29.4 Å². The summed E-state index contributed by atoms with van der Waals surface area (Å²) in [6.07, 6.45) is 5.31. The predicted octanol–water partition coefficient (Wildman–Crippen LogP) is 5.08. The number of nitrogens with zero attached hydrogens (tertiary/aromatic N) is 2. The number of fused-ring (bicyclic) bond motifs is 1. The van der Waals surface area contributed by atoms with Gasteiger partial charge in [-0.3, -0.25) is 4.79 Å². The minimum Gasteiger partial charge on any atom is -0.481 e. The van der Waals surface area contributed by atoms with Crippen LogP contribution in [0.5, 0.6) is 5.75 Å². The van der Waals surface area contributed by atoms with Gasteiger partial charge < -0.3 is 20.3 Å². The maximum Gasteiger partial charge on any atom is 0.335 e. The van der Waals surface area contributed by atoms with Crippen LogP contribution in [0.2, 0.25) is 0 Å². The zero-order valence-electron chi connectivity index (χ0n) is 20.6. The fourth-order valence-corrected chi connectivity index (χ4v) is 3.80. The maximum atomic E-state index is 13.2. The summed E-state index contributed by atoms with van der Waals surface area (Å²) in [5, 5.41) is 21.8. The van der Waals surface area contributed by atoms with Crippen LogP contribution in [-0.2, 0) is 0 Å². The molecule has 38 heavy (non-hydrogen) atoms. The van der Waals surface area contributed by atoms with Gasteiger partial charge in [-0.2, -0.15) is 0 Å². The van der Waals surface area contributed by atoms with Crippen molar-refractivity contribution in [2.45, 2.75) is 19.8 Å². The van der Waals surface area contributed by atoms with Gasteiger partial charge in [-0.15, -0.1) is 6.42 Å². The van der Waals surface area contributed by atoms with Gasteiger partial charge in [-0.25, -0.2) is 19.6 Å². The fourth-order valence-electron chi connectivity index (χ4n) is 3.80. The van der Waals surface area contributed by atoms with Crippen LogP contribution in [0.3, 0.4) is 0 Å². The standard InChI is InChI=1S/C29H23N3O6/c1-4-11-38-22-9-10-24-23(15-22)25(18-7-5-17(6-8-18)16(2)3)32-26(31-24)27(33)30-21-13-19(28(34)35)12-20(14-21)29(36)37/h1,5-10,12-16H,11H2,2-3H3,(H,30,33)(H,34,35)(H,36,37). The molecule has 190 valence electrons. The second-order valence-corrected chi connectivity index (χ2v) is 8.71. The smallest absolute Gasteiger partial charge is 0.335 e. The van der Waals surface area contributed by atoms with E-state index in [1.165, 1.54) is 0 Å². The monoisotopic (exact) mass is 509 g/mol. The number of amides is 1. The molecule has 4 aromatic rings. The lowest BCUT2D eigenvalue weighted by atomic mass is 9.99. The molecule has 0 saturated heterocycles. The van der Waals surface area contributed by atoms with Crippen molar-refractivity contribution in [3.05, 3.63) is 83.2 Å². The second-order valence-electron chi connectivity index (χ2n) is 8.71. The Bertz CT molecular complexity index is 1570. The Labute approximate surface area is 218 Å². The van der Waals surface area contributed by atoms with Crippen molar-refractivity contribution in [3.63, 3.8) is 0 Å². The highest BCUT2D eigenvalue weighted by molar-refractivity contribution is 6.06. The highest BCUT2D eigenvalue weighted by atomic mass is 16.5. The number of rotatable bonds is 8. The fraction of sp³-hybridized carbons (Fsp3) is 0.138. The summed E-state index contributed by atoms with van der Waals surface area (Å²) in [5.41, 5.74) is 2.23. The van der Waals surface area contributed by atoms with Gasteiger partial charge >= 0.3 is 11.9 Å². The molecule has 9 nitrogen and oxygen atoms in total. The van der Waals surface area contributed by atoms with Gasteiger partial charge in [0.25, 0.3) is 5.91 Å². The van der Waals surface area contributed by atoms with E-state index in [4.69, 9.17) is 11.2 Å². The number of benzene rings is 3. The number of anilines is 1. The molecule has 0 spiro atoms. The third kappa shape index (κ3) is 5.60. The van der Waals surface area contributed by atoms with E-state index in [0.717, 1.165) is 29.3 Å². The topological polar surface area (TPSA) is 139 Å². The zero-order chi connectivity index (χ0) is 27.4. The first kappa shape index (κ1) is 25.9. The summed E-state index contributed by atoms with van der Waals surface area (Å²) in [6, 6.07) is 16.2. The Morgan fingerprint density at radius 2 is 1.61 bits per heavy atom. The number of terminal acetylenes is 1. The molecule has 0 unspecified atom stereocenters. The SMILES string of the molecule is C#CCOc1ccc2nc(C(=O)Nc3cc(C(=O)O)cc(C(=O)O)c3)nc(-c3ccc(C(C)C)cc3)c2c1. The number of nitrogens with one attached hydrogen (secondary N) is 1. The lowest BCUT2D eigenvalue weighted by Gasteiger charge is -2.12. The second kappa shape index (κ2) is 10.8. The first-order chi connectivity index (χ1) is 18.2. The Morgan fingerprint density at radius 3 is 2.18 bits per heavy atom. The molecule has 4 rings (SSSR count). The van der Waals surface area contributed by atoms with Crippen molar-refractivity contribution in [1.29, 1.82) is 0 Å². The van der Waals surface area contributed by atoms with Crippen LogP contribution in [-0.4, -0.2) is 44.6 Å². The number of hydrogen-bond acceptors (Lipinski definition) is 6. The van der Waals surface area contributed by atoms with Gasteiger partial charge in [0, 0.05) is 16.6 Å². The van der Waals surface area contributed by atoms with Crippen LogP contribution in [0.1, 0.15) is 56.7 Å². The third-order valence-corrected chi connectivity index (χ3v) is 5.73. The van der Waals surface area contributed by atoms with E-state index in [0.29, 0.717) is 28.3 Å². The third-order valence-electron chi connectivity index (χ3n) is 5.73. The van der Waals surface area contributed by atoms with Crippen molar-refractivity contribution in [2.24, 2.45) is 0 Å². The van der Waals surface area contributed by atoms with Gasteiger partial charge in [-0.1, -0.05) is 44.0 Å². The number of carbonyl (C=O) groups is 3. The van der Waals surface area contributed by atoms with Crippen LogP contribution in [0.4, 0.5) is 5.69 Å². The van der Waals surface area contributed by atoms with Crippen molar-refractivity contribution in [2.75, 3.05) is 11.9 Å². The highest BCUT2D eigenvalue weighted by Gasteiger charge is 2.19. The number of carboxylic acid groups (broad SMARTS) is 2. The first-order valence-corrected chi connectivity index (χ1v) is 11.6. The molecule has 0 saturated carbocycles. The number of ether oxygens (including phenoxy) is 1. The van der Waals surface area contributed by atoms with Crippen LogP contribution in [0, 0.1) is 12.3 Å². The summed E-state index contributed by atoms with van der Waals surface area (Å²) < 4.78 is 5.56. The van der Waals surface area contributed by atoms with Gasteiger partial charge in [0.2, 0.25) is 5.82 Å². The molecule has 0 aliphatic carbocycles. The molecule has 3 N–H and O–H groups in total. The molecule has 0 radical (unpaired) electrons. The molecular weight excluding hydrogens is 486 g/mol. The molecule has 1 aromatic heterocycles. The van der Waals surface area contributed by atoms with E-state index in [1.54, 1.807) is 18.2 Å². The highest BCUT2D eigenvalue weighted by Crippen LogP contribution is 2.30. The molecule has 0 atom stereocenters. The summed E-state index contributed by atoms with van der Waals surface area (Å²) in [6.45, 7) is 4.25. The van der Waals surface area contributed by atoms with E-state index >= 15 is 0 Å². The van der Waals surface area contributed by atoms with Gasteiger partial charge in [0.15, 0.2) is 0 Å². The lowest BCUT2D eigenvalue weighted by Crippen LogP contribution is -2.17. The van der Waals surface area contributed by atoms with Crippen molar-refractivity contribution >= 4 is 34.4 Å². The van der Waals surface area contributed by atoms with Gasteiger partial charge in [0.05, 0.1) is 22.3 Å². The number of carboxylic acids is 2. The molecular formula is C29H23N3O6. The lowest BCUT2D eigenvalue weighted by molar-refractivity contribution is 0.0696. The molecule has 1 heterocycles. The number of aromatic nitrogens is 2. The summed E-state index contributed by atoms with van der Waals surface area (Å²) in [4.78, 5) is 45.0. The van der Waals surface area contributed by atoms with Gasteiger partial charge in [0.1, 0.15) is 12.4 Å². The average Bonchev–Trinajstić information content (AvgIpc) is 2.90. The summed E-state index contributed by atoms with van der Waals surface area (Å²) in [5.74, 6) is -0.328. The van der Waals surface area contributed by atoms with E-state index < -0.39 is 17.8 Å². The maximum absolute atomic E-state index is 13.2. The van der Waals surface area contributed by atoms with E-state index in [1.807, 2.05) is 24.3 Å². The normalized spacial score (nSPS) is 10.7. The Balaban J connectivity index is 1.80. The average molecular weight is 510 g/mol. The predicted molar refractivity (Wildman–Crippen MR) is 142 cm³/mol. The largest absolute Gasteiger partial charge is 0.481 e. The Kier molecular flexibility index (Phi) is 7.35. The number of hydrogen-bond donors (Lipinski definition) is 3. The van der Waals surface area contributed by atoms with E-state index in [9.17, 15) is 24.6 Å². The van der Waals surface area contributed by atoms with Crippen molar-refractivity contribution < 1.29 is 29.3 Å². The minimum atomic E-state index is -1.33. The Morgan fingerprint density at radius 1 is 0.947 bits per heavy atom. The van der Waals surface area contributed by atoms with Crippen LogP contribution >= 0.6 is 0 Å². The van der Waals surface area contributed by atoms with E-state index in [2.05, 4.69) is 35.1 Å². The molecule has 0 bridgehead atoms. The quantitative estimate of drug-likeness (QED) is 0.280. The number of aromatic carboxylic acids is 2. The zero-order valence-corrected chi connectivity index (χ0v) is 20.6. The molecule has 9 heteroatoms. The molecule has 0 aliphatic rings. The molecule has 0 fully saturated rings. The molecule has 0 aliphatic heterocycles. The number of carbonyl (C=O) groups excluding carboxylic acids is 1. The van der Waals surface area contributed by atoms with Crippen LogP contribution < -0.4 is 10.1 Å². The molecule has 1 amide bonds. The van der Waals surface area contributed by atoms with E-state index in [-0.39, 0.29) is 29.2 Å². The van der Waals surface area contributed by atoms with Crippen LogP contribution in [0.25, 0.3) is 22.2 Å². The van der Waals surface area contributed by atoms with Crippen LogP contribution in [0.15, 0.2) is 60.7 Å². The minimum absolute atomic E-state index is 0.0168. The van der Waals surface area contributed by atoms with Crippen molar-refractivity contribution in [1.82, 2.24) is 9.97 Å². The summed E-state index contributed by atoms with van der Waals surface area (Å²) >= 11 is 0. The van der Waals surface area contributed by atoms with Gasteiger partial charge in [-0.05, 0) is 47.9 Å². The first-order valence-electron chi connectivity index (χ1n) is 11.6. The Hall–Kier alpha value is -5.23. The molecule has 3 aromatic carbocycles. The summed E-state index contributed by atoms with van der Waals surface area (Å²) in [7, 11) is 0.